The number of methoxy groups -OCH3 is 1. The first kappa shape index (κ1) is 23.3. The van der Waals surface area contributed by atoms with Gasteiger partial charge < -0.3 is 20.3 Å². The number of rotatable bonds is 7. The van der Waals surface area contributed by atoms with E-state index in [4.69, 9.17) is 4.74 Å². The van der Waals surface area contributed by atoms with Crippen LogP contribution in [0.15, 0.2) is 84.9 Å². The smallest absolute Gasteiger partial charge is 0.321 e. The molecule has 7 heteroatoms. The lowest BCUT2D eigenvalue weighted by atomic mass is 9.98. The Hall–Kier alpha value is -3.84. The first-order valence-corrected chi connectivity index (χ1v) is 11.4. The molecule has 1 aliphatic heterocycles. The molecule has 1 heterocycles. The Bertz CT molecular complexity index is 1070. The van der Waals surface area contributed by atoms with Crippen LogP contribution in [0.25, 0.3) is 0 Å². The van der Waals surface area contributed by atoms with Gasteiger partial charge in [-0.2, -0.15) is 0 Å². The molecule has 0 radical (unpaired) electrons. The van der Waals surface area contributed by atoms with Gasteiger partial charge in [-0.25, -0.2) is 4.79 Å². The Morgan fingerprint density at radius 2 is 1.41 bits per heavy atom. The number of nitrogens with zero attached hydrogens (tertiary/aromatic N) is 2. The van der Waals surface area contributed by atoms with Crippen LogP contribution < -0.4 is 15.4 Å². The largest absolute Gasteiger partial charge is 0.497 e. The number of anilines is 1. The third-order valence-corrected chi connectivity index (χ3v) is 5.94. The molecule has 0 aliphatic carbocycles. The Labute approximate surface area is 200 Å². The van der Waals surface area contributed by atoms with E-state index in [0.29, 0.717) is 26.2 Å². The van der Waals surface area contributed by atoms with Crippen LogP contribution in [0, 0.1) is 0 Å². The molecular formula is C27H30N4O3. The van der Waals surface area contributed by atoms with Gasteiger partial charge in [-0.1, -0.05) is 60.7 Å². The van der Waals surface area contributed by atoms with Gasteiger partial charge in [-0.15, -0.1) is 0 Å². The number of ether oxygens (including phenoxy) is 1. The molecule has 1 aliphatic rings. The van der Waals surface area contributed by atoms with Gasteiger partial charge >= 0.3 is 6.03 Å². The van der Waals surface area contributed by atoms with Crippen molar-refractivity contribution in [2.24, 2.45) is 0 Å². The number of amides is 3. The minimum absolute atomic E-state index is 0.0492. The van der Waals surface area contributed by atoms with E-state index in [1.807, 2.05) is 84.9 Å². The summed E-state index contributed by atoms with van der Waals surface area (Å²) >= 11 is 0. The molecule has 1 saturated heterocycles. The normalized spacial score (nSPS) is 14.8. The zero-order valence-electron chi connectivity index (χ0n) is 19.3. The fourth-order valence-corrected chi connectivity index (χ4v) is 4.04. The van der Waals surface area contributed by atoms with Crippen molar-refractivity contribution in [3.63, 3.8) is 0 Å². The van der Waals surface area contributed by atoms with E-state index < -0.39 is 0 Å². The Morgan fingerprint density at radius 3 is 2.03 bits per heavy atom. The van der Waals surface area contributed by atoms with Gasteiger partial charge in [-0.3, -0.25) is 9.69 Å². The molecular weight excluding hydrogens is 428 g/mol. The molecule has 2 N–H and O–H groups in total. The highest BCUT2D eigenvalue weighted by Crippen LogP contribution is 2.24. The van der Waals surface area contributed by atoms with Gasteiger partial charge in [-0.05, 0) is 35.4 Å². The summed E-state index contributed by atoms with van der Waals surface area (Å²) in [4.78, 5) is 29.4. The number of piperazine rings is 1. The molecule has 4 rings (SSSR count). The summed E-state index contributed by atoms with van der Waals surface area (Å²) < 4.78 is 5.27. The van der Waals surface area contributed by atoms with Crippen LogP contribution >= 0.6 is 0 Å². The van der Waals surface area contributed by atoms with Crippen LogP contribution in [0.2, 0.25) is 0 Å². The zero-order chi connectivity index (χ0) is 23.8. The second-order valence-electron chi connectivity index (χ2n) is 8.24. The summed E-state index contributed by atoms with van der Waals surface area (Å²) in [7, 11) is 1.64. The van der Waals surface area contributed by atoms with Crippen molar-refractivity contribution in [1.82, 2.24) is 15.1 Å². The third kappa shape index (κ3) is 6.14. The Balaban J connectivity index is 1.33. The number of urea groups is 1. The topological polar surface area (TPSA) is 73.9 Å². The summed E-state index contributed by atoms with van der Waals surface area (Å²) in [6, 6.07) is 26.7. The van der Waals surface area contributed by atoms with E-state index in [2.05, 4.69) is 15.5 Å². The predicted molar refractivity (Wildman–Crippen MR) is 133 cm³/mol. The van der Waals surface area contributed by atoms with E-state index in [0.717, 1.165) is 22.6 Å². The Kier molecular flexibility index (Phi) is 7.78. The van der Waals surface area contributed by atoms with Crippen LogP contribution in [-0.4, -0.2) is 61.6 Å². The van der Waals surface area contributed by atoms with Crippen molar-refractivity contribution in [1.29, 1.82) is 0 Å². The first-order valence-electron chi connectivity index (χ1n) is 11.4. The number of hydrogen-bond donors (Lipinski definition) is 2. The maximum atomic E-state index is 13.0. The molecule has 3 amide bonds. The monoisotopic (exact) mass is 458 g/mol. The van der Waals surface area contributed by atoms with Gasteiger partial charge in [0.25, 0.3) is 0 Å². The summed E-state index contributed by atoms with van der Waals surface area (Å²) in [6.07, 6.45) is 0. The summed E-state index contributed by atoms with van der Waals surface area (Å²) in [5.41, 5.74) is 2.78. The highest BCUT2D eigenvalue weighted by Gasteiger charge is 2.24. The van der Waals surface area contributed by atoms with Gasteiger partial charge in [0.15, 0.2) is 0 Å². The van der Waals surface area contributed by atoms with Crippen molar-refractivity contribution < 1.29 is 14.3 Å². The summed E-state index contributed by atoms with van der Waals surface area (Å²) in [6.45, 7) is 2.73. The molecule has 1 atom stereocenters. The van der Waals surface area contributed by atoms with Crippen LogP contribution in [-0.2, 0) is 4.79 Å². The van der Waals surface area contributed by atoms with E-state index in [1.54, 1.807) is 12.0 Å². The average Bonchev–Trinajstić information content (AvgIpc) is 2.89. The molecule has 0 bridgehead atoms. The molecule has 0 spiro atoms. The van der Waals surface area contributed by atoms with Gasteiger partial charge in [0.1, 0.15) is 5.75 Å². The predicted octanol–water partition coefficient (Wildman–Crippen LogP) is 3.75. The maximum absolute atomic E-state index is 13.0. The van der Waals surface area contributed by atoms with Crippen molar-refractivity contribution in [3.8, 4) is 5.75 Å². The number of para-hydroxylation sites is 1. The van der Waals surface area contributed by atoms with Crippen molar-refractivity contribution >= 4 is 17.6 Å². The second kappa shape index (κ2) is 11.3. The molecule has 0 saturated carbocycles. The number of carbonyl (C=O) groups excluding carboxylic acids is 2. The van der Waals surface area contributed by atoms with E-state index >= 15 is 0 Å². The fourth-order valence-electron chi connectivity index (χ4n) is 4.04. The van der Waals surface area contributed by atoms with Crippen molar-refractivity contribution in [3.05, 3.63) is 96.1 Å². The van der Waals surface area contributed by atoms with E-state index in [9.17, 15) is 9.59 Å². The van der Waals surface area contributed by atoms with Crippen LogP contribution in [0.3, 0.4) is 0 Å². The fraction of sp³-hybridized carbons (Fsp3) is 0.259. The van der Waals surface area contributed by atoms with E-state index in [-0.39, 0.29) is 24.5 Å². The lowest BCUT2D eigenvalue weighted by molar-refractivity contribution is -0.123. The van der Waals surface area contributed by atoms with Crippen LogP contribution in [0.1, 0.15) is 17.2 Å². The third-order valence-electron chi connectivity index (χ3n) is 5.94. The molecule has 0 unspecified atom stereocenters. The summed E-state index contributed by atoms with van der Waals surface area (Å²) in [5, 5.41) is 6.10. The minimum Gasteiger partial charge on any atom is -0.497 e. The molecule has 0 aromatic heterocycles. The quantitative estimate of drug-likeness (QED) is 0.566. The van der Waals surface area contributed by atoms with Gasteiger partial charge in [0, 0.05) is 31.9 Å². The highest BCUT2D eigenvalue weighted by atomic mass is 16.5. The number of carbonyl (C=O) groups is 2. The lowest BCUT2D eigenvalue weighted by Gasteiger charge is -2.34. The zero-order valence-corrected chi connectivity index (χ0v) is 19.3. The highest BCUT2D eigenvalue weighted by molar-refractivity contribution is 5.89. The number of hydrogen-bond acceptors (Lipinski definition) is 4. The molecule has 3 aromatic carbocycles. The molecule has 1 fully saturated rings. The maximum Gasteiger partial charge on any atom is 0.321 e. The number of benzene rings is 3. The second-order valence-corrected chi connectivity index (χ2v) is 8.24. The van der Waals surface area contributed by atoms with E-state index in [1.165, 1.54) is 0 Å². The number of nitrogens with one attached hydrogen (secondary N) is 2. The average molecular weight is 459 g/mol. The lowest BCUT2D eigenvalue weighted by Crippen LogP contribution is -2.52. The van der Waals surface area contributed by atoms with Gasteiger partial charge in [0.05, 0.1) is 19.7 Å². The Morgan fingerprint density at radius 1 is 0.824 bits per heavy atom. The van der Waals surface area contributed by atoms with Crippen LogP contribution in [0.5, 0.6) is 5.75 Å². The molecule has 176 valence electrons. The molecule has 3 aromatic rings. The SMILES string of the molecule is COc1ccc([C@@H](NC(=O)CN2CCN(C(=O)Nc3ccccc3)CC2)c2ccccc2)cc1. The molecule has 34 heavy (non-hydrogen) atoms. The van der Waals surface area contributed by atoms with Gasteiger partial charge in [0.2, 0.25) is 5.91 Å². The van der Waals surface area contributed by atoms with Crippen molar-refractivity contribution in [2.45, 2.75) is 6.04 Å². The molecule has 7 nitrogen and oxygen atoms in total. The van der Waals surface area contributed by atoms with Crippen LogP contribution in [0.4, 0.5) is 10.5 Å². The summed E-state index contributed by atoms with van der Waals surface area (Å²) in [5.74, 6) is 0.725. The minimum atomic E-state index is -0.252. The standard InChI is InChI=1S/C27H30N4O3/c1-34-24-14-12-22(13-15-24)26(21-8-4-2-5-9-21)29-25(32)20-30-16-18-31(19-17-30)27(33)28-23-10-6-3-7-11-23/h2-15,26H,16-20H2,1H3,(H,28,33)(H,29,32)/t26-/m0/s1. The first-order chi connectivity index (χ1) is 16.6. The van der Waals surface area contributed by atoms with Crippen molar-refractivity contribution in [2.75, 3.05) is 45.2 Å².